The van der Waals surface area contributed by atoms with Gasteiger partial charge in [-0.05, 0) is 38.0 Å². The van der Waals surface area contributed by atoms with Gasteiger partial charge >= 0.3 is 0 Å². The number of amides is 1. The summed E-state index contributed by atoms with van der Waals surface area (Å²) < 4.78 is 2.24. The minimum absolute atomic E-state index is 0.366. The van der Waals surface area contributed by atoms with Gasteiger partial charge < -0.3 is 9.47 Å². The number of hydrogen-bond donors (Lipinski definition) is 0. The molecule has 3 aliphatic rings. The molecule has 2 saturated carbocycles. The normalized spacial score (nSPS) is 26.7. The summed E-state index contributed by atoms with van der Waals surface area (Å²) in [5.74, 6) is 2.78. The van der Waals surface area contributed by atoms with Crippen LogP contribution in [0.1, 0.15) is 69.2 Å². The summed E-state index contributed by atoms with van der Waals surface area (Å²) in [6, 6.07) is 0.392. The third-order valence-corrected chi connectivity index (χ3v) is 5.39. The number of nitrogens with zero attached hydrogens (tertiary/aromatic N) is 4. The first-order valence-electron chi connectivity index (χ1n) is 8.48. The van der Waals surface area contributed by atoms with E-state index in [-0.39, 0.29) is 0 Å². The average Bonchev–Trinajstić information content (AvgIpc) is 2.94. The third-order valence-electron chi connectivity index (χ3n) is 5.39. The lowest BCUT2D eigenvalue weighted by molar-refractivity contribution is -0.131. The van der Waals surface area contributed by atoms with Gasteiger partial charge in [0.25, 0.3) is 0 Å². The van der Waals surface area contributed by atoms with Gasteiger partial charge in [0.1, 0.15) is 12.2 Å². The van der Waals surface area contributed by atoms with E-state index in [1.54, 1.807) is 0 Å². The van der Waals surface area contributed by atoms with Crippen molar-refractivity contribution in [2.75, 3.05) is 13.1 Å². The van der Waals surface area contributed by atoms with Gasteiger partial charge in [-0.15, -0.1) is 10.2 Å². The summed E-state index contributed by atoms with van der Waals surface area (Å²) in [7, 11) is 0. The first-order valence-corrected chi connectivity index (χ1v) is 8.48. The monoisotopic (exact) mass is 288 g/mol. The molecule has 2 heterocycles. The summed E-state index contributed by atoms with van der Waals surface area (Å²) in [6.07, 6.45) is 11.3. The van der Waals surface area contributed by atoms with Crippen molar-refractivity contribution < 1.29 is 4.79 Å². The van der Waals surface area contributed by atoms with E-state index in [0.717, 1.165) is 31.8 Å². The maximum atomic E-state index is 12.4. The van der Waals surface area contributed by atoms with E-state index in [9.17, 15) is 4.79 Å². The molecule has 3 fully saturated rings. The van der Waals surface area contributed by atoms with Crippen LogP contribution in [0.4, 0.5) is 0 Å². The molecule has 0 spiro atoms. The van der Waals surface area contributed by atoms with Gasteiger partial charge in [-0.3, -0.25) is 4.79 Å². The zero-order valence-corrected chi connectivity index (χ0v) is 12.6. The van der Waals surface area contributed by atoms with Crippen LogP contribution in [-0.4, -0.2) is 38.7 Å². The third kappa shape index (κ3) is 2.70. The molecule has 1 unspecified atom stereocenters. The van der Waals surface area contributed by atoms with Crippen LogP contribution in [0.15, 0.2) is 6.33 Å². The van der Waals surface area contributed by atoms with Gasteiger partial charge in [0.05, 0.1) is 6.04 Å². The van der Waals surface area contributed by atoms with Crippen LogP contribution in [0.3, 0.4) is 0 Å². The van der Waals surface area contributed by atoms with Gasteiger partial charge in [-0.25, -0.2) is 0 Å². The molecule has 5 nitrogen and oxygen atoms in total. The highest BCUT2D eigenvalue weighted by atomic mass is 16.2. The van der Waals surface area contributed by atoms with Crippen molar-refractivity contribution >= 4 is 5.91 Å². The second-order valence-corrected chi connectivity index (χ2v) is 7.01. The summed E-state index contributed by atoms with van der Waals surface area (Å²) in [5.41, 5.74) is 0. The maximum absolute atomic E-state index is 12.4. The summed E-state index contributed by atoms with van der Waals surface area (Å²) in [5, 5.41) is 8.38. The quantitative estimate of drug-likeness (QED) is 0.855. The van der Waals surface area contributed by atoms with Gasteiger partial charge in [-0.2, -0.15) is 0 Å². The average molecular weight is 288 g/mol. The SMILES string of the molecule is O=C(CC1CCCC1)N1CCC(n2cnnc2C2CC2)C1. The Morgan fingerprint density at radius 2 is 2.00 bits per heavy atom. The van der Waals surface area contributed by atoms with Gasteiger partial charge in [0.2, 0.25) is 5.91 Å². The van der Waals surface area contributed by atoms with Crippen LogP contribution >= 0.6 is 0 Å². The molecule has 1 amide bonds. The Morgan fingerprint density at radius 3 is 2.76 bits per heavy atom. The van der Waals surface area contributed by atoms with Crippen LogP contribution in [0.5, 0.6) is 0 Å². The van der Waals surface area contributed by atoms with Crippen molar-refractivity contribution in [3.05, 3.63) is 12.2 Å². The highest BCUT2D eigenvalue weighted by molar-refractivity contribution is 5.76. The second-order valence-electron chi connectivity index (χ2n) is 7.01. The Morgan fingerprint density at radius 1 is 1.19 bits per heavy atom. The van der Waals surface area contributed by atoms with E-state index in [1.807, 2.05) is 6.33 Å². The highest BCUT2D eigenvalue weighted by Crippen LogP contribution is 2.40. The zero-order chi connectivity index (χ0) is 14.2. The molecule has 0 bridgehead atoms. The molecule has 0 aromatic carbocycles. The van der Waals surface area contributed by atoms with E-state index in [2.05, 4.69) is 19.7 Å². The van der Waals surface area contributed by atoms with Gasteiger partial charge in [0, 0.05) is 25.4 Å². The van der Waals surface area contributed by atoms with Crippen molar-refractivity contribution in [1.82, 2.24) is 19.7 Å². The number of rotatable bonds is 4. The standard InChI is InChI=1S/C16H24N4O/c21-15(9-12-3-1-2-4-12)19-8-7-14(10-19)20-11-17-18-16(20)13-5-6-13/h11-14H,1-10H2. The van der Waals surface area contributed by atoms with E-state index < -0.39 is 0 Å². The molecule has 114 valence electrons. The summed E-state index contributed by atoms with van der Waals surface area (Å²) >= 11 is 0. The van der Waals surface area contributed by atoms with Gasteiger partial charge in [0.15, 0.2) is 0 Å². The Bertz CT molecular complexity index is 516. The number of carbonyl (C=O) groups is 1. The Labute approximate surface area is 125 Å². The number of carbonyl (C=O) groups excluding carboxylic acids is 1. The first-order chi connectivity index (χ1) is 10.3. The van der Waals surface area contributed by atoms with Crippen molar-refractivity contribution in [3.63, 3.8) is 0 Å². The fourth-order valence-corrected chi connectivity index (χ4v) is 3.95. The molecular formula is C16H24N4O. The fraction of sp³-hybridized carbons (Fsp3) is 0.812. The molecule has 2 aliphatic carbocycles. The zero-order valence-electron chi connectivity index (χ0n) is 12.6. The minimum atomic E-state index is 0.366. The van der Waals surface area contributed by atoms with Crippen molar-refractivity contribution in [1.29, 1.82) is 0 Å². The van der Waals surface area contributed by atoms with Crippen LogP contribution in [0, 0.1) is 5.92 Å². The Kier molecular flexibility index (Phi) is 3.43. The number of likely N-dealkylation sites (tertiary alicyclic amines) is 1. The smallest absolute Gasteiger partial charge is 0.222 e. The van der Waals surface area contributed by atoms with Gasteiger partial charge in [-0.1, -0.05) is 12.8 Å². The lowest BCUT2D eigenvalue weighted by atomic mass is 10.0. The van der Waals surface area contributed by atoms with Crippen molar-refractivity contribution in [3.8, 4) is 0 Å². The molecule has 21 heavy (non-hydrogen) atoms. The summed E-state index contributed by atoms with van der Waals surface area (Å²) in [4.78, 5) is 14.5. The molecule has 1 aromatic rings. The largest absolute Gasteiger partial charge is 0.341 e. The van der Waals surface area contributed by atoms with Crippen LogP contribution in [-0.2, 0) is 4.79 Å². The van der Waals surface area contributed by atoms with Crippen molar-refractivity contribution in [2.45, 2.75) is 63.3 Å². The Hall–Kier alpha value is -1.39. The molecule has 1 atom stereocenters. The molecule has 1 aromatic heterocycles. The van der Waals surface area contributed by atoms with E-state index in [1.165, 1.54) is 38.5 Å². The molecule has 1 aliphatic heterocycles. The molecule has 5 heteroatoms. The van der Waals surface area contributed by atoms with Crippen LogP contribution in [0.2, 0.25) is 0 Å². The molecule has 4 rings (SSSR count). The number of aromatic nitrogens is 3. The molecule has 0 N–H and O–H groups in total. The van der Waals surface area contributed by atoms with Crippen molar-refractivity contribution in [2.24, 2.45) is 5.92 Å². The molecular weight excluding hydrogens is 264 g/mol. The number of hydrogen-bond acceptors (Lipinski definition) is 3. The fourth-order valence-electron chi connectivity index (χ4n) is 3.95. The van der Waals surface area contributed by atoms with Crippen LogP contribution < -0.4 is 0 Å². The predicted octanol–water partition coefficient (Wildman–Crippen LogP) is 2.51. The second kappa shape index (κ2) is 5.43. The lowest BCUT2D eigenvalue weighted by Crippen LogP contribution is -2.30. The molecule has 0 radical (unpaired) electrons. The lowest BCUT2D eigenvalue weighted by Gasteiger charge is -2.19. The first kappa shape index (κ1) is 13.3. The summed E-state index contributed by atoms with van der Waals surface area (Å²) in [6.45, 7) is 1.75. The maximum Gasteiger partial charge on any atom is 0.222 e. The minimum Gasteiger partial charge on any atom is -0.341 e. The van der Waals surface area contributed by atoms with E-state index in [0.29, 0.717) is 23.8 Å². The molecule has 1 saturated heterocycles. The van der Waals surface area contributed by atoms with E-state index >= 15 is 0 Å². The topological polar surface area (TPSA) is 51.0 Å². The van der Waals surface area contributed by atoms with E-state index in [4.69, 9.17) is 0 Å². The predicted molar refractivity (Wildman–Crippen MR) is 78.8 cm³/mol. The highest BCUT2D eigenvalue weighted by Gasteiger charge is 2.34. The van der Waals surface area contributed by atoms with Crippen LogP contribution in [0.25, 0.3) is 0 Å². The Balaban J connectivity index is 1.37.